The molecule has 0 fully saturated rings. The van der Waals surface area contributed by atoms with E-state index in [2.05, 4.69) is 27.6 Å². The first-order valence-electron chi connectivity index (χ1n) is 9.46. The molecule has 2 aromatic carbocycles. The minimum Gasteiger partial charge on any atom is -0.322 e. The van der Waals surface area contributed by atoms with Gasteiger partial charge in [-0.3, -0.25) is 14.2 Å². The van der Waals surface area contributed by atoms with E-state index in [1.54, 1.807) is 6.33 Å². The van der Waals surface area contributed by atoms with E-state index in [1.165, 1.54) is 5.56 Å². The van der Waals surface area contributed by atoms with Crippen molar-refractivity contribution in [2.75, 3.05) is 5.32 Å². The minimum atomic E-state index is -0.151. The summed E-state index contributed by atoms with van der Waals surface area (Å²) in [5.41, 5.74) is 8.03. The van der Waals surface area contributed by atoms with Crippen LogP contribution < -0.4 is 5.32 Å². The summed E-state index contributed by atoms with van der Waals surface area (Å²) in [4.78, 5) is 17.8. The molecule has 142 valence electrons. The summed E-state index contributed by atoms with van der Waals surface area (Å²) < 4.78 is 1.83. The lowest BCUT2D eigenvalue weighted by molar-refractivity contribution is 0.102. The van der Waals surface area contributed by atoms with E-state index in [0.717, 1.165) is 33.7 Å². The molecule has 0 radical (unpaired) electrons. The van der Waals surface area contributed by atoms with Gasteiger partial charge in [-0.2, -0.15) is 0 Å². The number of carbonyl (C=O) groups is 1. The summed E-state index contributed by atoms with van der Waals surface area (Å²) in [6, 6.07) is 16.1. The Labute approximate surface area is 167 Å². The molecule has 0 spiro atoms. The summed E-state index contributed by atoms with van der Waals surface area (Å²) in [5.74, 6) is -0.151. The fourth-order valence-electron chi connectivity index (χ4n) is 3.93. The molecule has 0 atom stereocenters. The average Bonchev–Trinajstić information content (AvgIpc) is 3.35. The molecule has 1 N–H and O–H groups in total. The molecule has 0 bridgehead atoms. The second-order valence-corrected chi connectivity index (χ2v) is 7.23. The third-order valence-electron chi connectivity index (χ3n) is 5.32. The van der Waals surface area contributed by atoms with Crippen LogP contribution in [0.5, 0.6) is 0 Å². The topological polar surface area (TPSA) is 71.7 Å². The molecule has 1 aliphatic rings. The van der Waals surface area contributed by atoms with Gasteiger partial charge in [0.05, 0.1) is 17.8 Å². The van der Waals surface area contributed by atoms with Gasteiger partial charge in [-0.15, -0.1) is 10.2 Å². The number of hydrogen-bond acceptors (Lipinski definition) is 4. The number of nitrogens with zero attached hydrogens (tertiary/aromatic N) is 4. The Morgan fingerprint density at radius 1 is 1.10 bits per heavy atom. The number of hydrogen-bond donors (Lipinski definition) is 1. The van der Waals surface area contributed by atoms with E-state index in [0.29, 0.717) is 17.8 Å². The number of aromatic nitrogens is 3. The Balaban J connectivity index is 1.48. The summed E-state index contributed by atoms with van der Waals surface area (Å²) >= 11 is 0. The monoisotopic (exact) mass is 381 g/mol. The first kappa shape index (κ1) is 17.3. The van der Waals surface area contributed by atoms with Gasteiger partial charge in [0, 0.05) is 28.6 Å². The molecule has 1 aliphatic heterocycles. The molecule has 0 aliphatic carbocycles. The lowest BCUT2D eigenvalue weighted by atomic mass is 9.99. The van der Waals surface area contributed by atoms with Crippen molar-refractivity contribution in [3.63, 3.8) is 0 Å². The second-order valence-electron chi connectivity index (χ2n) is 7.23. The van der Waals surface area contributed by atoms with Gasteiger partial charge in [-0.1, -0.05) is 36.4 Å². The van der Waals surface area contributed by atoms with E-state index in [9.17, 15) is 4.79 Å². The van der Waals surface area contributed by atoms with Crippen LogP contribution in [0, 0.1) is 13.8 Å². The predicted molar refractivity (Wildman–Crippen MR) is 113 cm³/mol. The molecular formula is C23H19N5O. The average molecular weight is 381 g/mol. The standard InChI is InChI=1S/C23H19N5O/c1-14-12-28-13-25-27-22(28)15(2)20(14)23(29)26-18-9-8-17-11-24-21(19(17)10-18)16-6-4-3-5-7-16/h3-10,12-13H,11H2,1-2H3,(H,26,29). The first-order chi connectivity index (χ1) is 14.1. The molecular weight excluding hydrogens is 362 g/mol. The molecule has 2 aromatic heterocycles. The third-order valence-corrected chi connectivity index (χ3v) is 5.32. The highest BCUT2D eigenvalue weighted by atomic mass is 16.1. The van der Waals surface area contributed by atoms with Crippen LogP contribution in [0.3, 0.4) is 0 Å². The van der Waals surface area contributed by atoms with Crippen molar-refractivity contribution in [2.24, 2.45) is 4.99 Å². The van der Waals surface area contributed by atoms with E-state index in [4.69, 9.17) is 4.99 Å². The largest absolute Gasteiger partial charge is 0.322 e. The van der Waals surface area contributed by atoms with Gasteiger partial charge in [0.2, 0.25) is 0 Å². The van der Waals surface area contributed by atoms with E-state index < -0.39 is 0 Å². The Morgan fingerprint density at radius 2 is 1.93 bits per heavy atom. The summed E-state index contributed by atoms with van der Waals surface area (Å²) in [6.45, 7) is 4.48. The normalized spacial score (nSPS) is 12.7. The third kappa shape index (κ3) is 2.89. The van der Waals surface area contributed by atoms with Crippen LogP contribution in [0.2, 0.25) is 0 Å². The summed E-state index contributed by atoms with van der Waals surface area (Å²) in [6.07, 6.45) is 3.52. The maximum Gasteiger partial charge on any atom is 0.256 e. The van der Waals surface area contributed by atoms with E-state index >= 15 is 0 Å². The van der Waals surface area contributed by atoms with Crippen molar-refractivity contribution < 1.29 is 4.79 Å². The fourth-order valence-corrected chi connectivity index (χ4v) is 3.93. The Kier molecular flexibility index (Phi) is 3.98. The lowest BCUT2D eigenvalue weighted by Gasteiger charge is -2.13. The van der Waals surface area contributed by atoms with Crippen LogP contribution in [0.4, 0.5) is 5.69 Å². The molecule has 0 unspecified atom stereocenters. The van der Waals surface area contributed by atoms with Crippen molar-refractivity contribution in [1.29, 1.82) is 0 Å². The van der Waals surface area contributed by atoms with Crippen LogP contribution in [0.15, 0.2) is 66.0 Å². The molecule has 0 saturated carbocycles. The van der Waals surface area contributed by atoms with Crippen LogP contribution in [-0.4, -0.2) is 26.2 Å². The highest BCUT2D eigenvalue weighted by Gasteiger charge is 2.20. The SMILES string of the molecule is Cc1cn2cnnc2c(C)c1C(=O)Nc1ccc2c(c1)C(c1ccccc1)=NC2. The maximum absolute atomic E-state index is 13.1. The highest BCUT2D eigenvalue weighted by Crippen LogP contribution is 2.27. The highest BCUT2D eigenvalue weighted by molar-refractivity contribution is 6.16. The van der Waals surface area contributed by atoms with Crippen LogP contribution in [-0.2, 0) is 6.54 Å². The van der Waals surface area contributed by atoms with Gasteiger partial charge >= 0.3 is 0 Å². The van der Waals surface area contributed by atoms with Crippen LogP contribution in [0.1, 0.15) is 38.2 Å². The molecule has 3 heterocycles. The molecule has 6 heteroatoms. The number of benzene rings is 2. The second kappa shape index (κ2) is 6.67. The fraction of sp³-hybridized carbons (Fsp3) is 0.130. The van der Waals surface area contributed by atoms with Gasteiger partial charge in [-0.05, 0) is 37.1 Å². The number of aryl methyl sites for hydroxylation is 2. The molecule has 5 rings (SSSR count). The van der Waals surface area contributed by atoms with E-state index in [-0.39, 0.29) is 5.91 Å². The quantitative estimate of drug-likeness (QED) is 0.584. The number of anilines is 1. The number of fused-ring (bicyclic) bond motifs is 2. The Hall–Kier alpha value is -3.80. The number of rotatable bonds is 3. The van der Waals surface area contributed by atoms with Crippen molar-refractivity contribution in [3.8, 4) is 0 Å². The van der Waals surface area contributed by atoms with Crippen LogP contribution in [0.25, 0.3) is 5.65 Å². The van der Waals surface area contributed by atoms with Crippen molar-refractivity contribution in [3.05, 3.63) is 94.4 Å². The van der Waals surface area contributed by atoms with Gasteiger partial charge in [0.15, 0.2) is 5.65 Å². The van der Waals surface area contributed by atoms with Gasteiger partial charge in [0.25, 0.3) is 5.91 Å². The summed E-state index contributed by atoms with van der Waals surface area (Å²) in [5, 5.41) is 11.1. The van der Waals surface area contributed by atoms with E-state index in [1.807, 2.05) is 60.8 Å². The van der Waals surface area contributed by atoms with Crippen LogP contribution >= 0.6 is 0 Å². The Bertz CT molecular complexity index is 1290. The zero-order valence-corrected chi connectivity index (χ0v) is 16.2. The number of aliphatic imine (C=N–C) groups is 1. The first-order valence-corrected chi connectivity index (χ1v) is 9.46. The van der Waals surface area contributed by atoms with Crippen molar-refractivity contribution in [1.82, 2.24) is 14.6 Å². The molecule has 0 saturated heterocycles. The minimum absolute atomic E-state index is 0.151. The summed E-state index contributed by atoms with van der Waals surface area (Å²) in [7, 11) is 0. The molecule has 4 aromatic rings. The Morgan fingerprint density at radius 3 is 2.76 bits per heavy atom. The molecule has 6 nitrogen and oxygen atoms in total. The van der Waals surface area contributed by atoms with Gasteiger partial charge in [-0.25, -0.2) is 0 Å². The zero-order valence-electron chi connectivity index (χ0n) is 16.2. The smallest absolute Gasteiger partial charge is 0.256 e. The molecule has 29 heavy (non-hydrogen) atoms. The predicted octanol–water partition coefficient (Wildman–Crippen LogP) is 3.95. The van der Waals surface area contributed by atoms with Crippen molar-refractivity contribution in [2.45, 2.75) is 20.4 Å². The number of carbonyl (C=O) groups excluding carboxylic acids is 1. The number of nitrogens with one attached hydrogen (secondary N) is 1. The lowest BCUT2D eigenvalue weighted by Crippen LogP contribution is -2.16. The van der Waals surface area contributed by atoms with Crippen molar-refractivity contribution >= 4 is 23.0 Å². The molecule has 1 amide bonds. The number of amides is 1. The van der Waals surface area contributed by atoms with Gasteiger partial charge in [0.1, 0.15) is 6.33 Å². The zero-order chi connectivity index (χ0) is 20.0. The van der Waals surface area contributed by atoms with Gasteiger partial charge < -0.3 is 5.32 Å². The maximum atomic E-state index is 13.1. The number of pyridine rings is 1.